The fourth-order valence-electron chi connectivity index (χ4n) is 4.05. The fourth-order valence-corrected chi connectivity index (χ4v) is 5.24. The molecule has 0 aliphatic rings. The highest BCUT2D eigenvalue weighted by Crippen LogP contribution is 2.34. The minimum absolute atomic E-state index is 0.242. The van der Waals surface area contributed by atoms with E-state index in [2.05, 4.69) is 9.97 Å². The predicted octanol–water partition coefficient (Wildman–Crippen LogP) is 5.28. The molecule has 0 N–H and O–H groups in total. The summed E-state index contributed by atoms with van der Waals surface area (Å²) in [6.07, 6.45) is 1.53. The average molecular weight is 469 g/mol. The van der Waals surface area contributed by atoms with Crippen LogP contribution in [0.4, 0.5) is 5.82 Å². The van der Waals surface area contributed by atoms with E-state index in [9.17, 15) is 8.42 Å². The van der Waals surface area contributed by atoms with Crippen LogP contribution in [0.15, 0.2) is 102 Å². The van der Waals surface area contributed by atoms with Gasteiger partial charge < -0.3 is 4.57 Å². The molecule has 0 unspecified atom stereocenters. The maximum Gasteiger partial charge on any atom is 0.265 e. The first-order chi connectivity index (χ1) is 16.4. The summed E-state index contributed by atoms with van der Waals surface area (Å²) in [5, 5.41) is 0.797. The van der Waals surface area contributed by atoms with Gasteiger partial charge in [-0.15, -0.1) is 0 Å². The Labute approximate surface area is 199 Å². The van der Waals surface area contributed by atoms with E-state index < -0.39 is 10.0 Å². The van der Waals surface area contributed by atoms with Crippen LogP contribution < -0.4 is 4.31 Å². The third-order valence-corrected chi connectivity index (χ3v) is 7.68. The maximum atomic E-state index is 13.6. The molecule has 3 aromatic carbocycles. The van der Waals surface area contributed by atoms with Gasteiger partial charge in [0.15, 0.2) is 0 Å². The van der Waals surface area contributed by atoms with Crippen molar-refractivity contribution in [1.29, 1.82) is 0 Å². The zero-order chi connectivity index (χ0) is 23.7. The molecular formula is C27H24N4O2S. The van der Waals surface area contributed by atoms with E-state index in [4.69, 9.17) is 0 Å². The number of sulfonamides is 1. The van der Waals surface area contributed by atoms with Crippen LogP contribution >= 0.6 is 0 Å². The number of anilines is 1. The SMILES string of the molecule is Cc1ccc(S(=O)(=O)N(C)c2cc3c(-c4ccccc4)ncnc3n2Cc2ccccc2)cc1. The van der Waals surface area contributed by atoms with Gasteiger partial charge >= 0.3 is 0 Å². The third-order valence-electron chi connectivity index (χ3n) is 5.90. The van der Waals surface area contributed by atoms with Crippen LogP contribution in [0.25, 0.3) is 22.3 Å². The quantitative estimate of drug-likeness (QED) is 0.340. The summed E-state index contributed by atoms with van der Waals surface area (Å²) in [5.74, 6) is 0.525. The minimum atomic E-state index is -3.78. The van der Waals surface area contributed by atoms with Gasteiger partial charge in [-0.1, -0.05) is 78.4 Å². The highest BCUT2D eigenvalue weighted by atomic mass is 32.2. The largest absolute Gasteiger partial charge is 0.307 e. The molecule has 0 radical (unpaired) electrons. The van der Waals surface area contributed by atoms with E-state index in [0.29, 0.717) is 18.0 Å². The van der Waals surface area contributed by atoms with E-state index in [1.54, 1.807) is 31.3 Å². The van der Waals surface area contributed by atoms with Gasteiger partial charge in [-0.05, 0) is 30.7 Å². The van der Waals surface area contributed by atoms with Crippen molar-refractivity contribution in [2.75, 3.05) is 11.4 Å². The van der Waals surface area contributed by atoms with Crippen LogP contribution in [0.1, 0.15) is 11.1 Å². The molecule has 0 aliphatic carbocycles. The summed E-state index contributed by atoms with van der Waals surface area (Å²) in [6.45, 7) is 2.40. The van der Waals surface area contributed by atoms with Crippen LogP contribution in [-0.2, 0) is 16.6 Å². The summed E-state index contributed by atoms with van der Waals surface area (Å²) in [6, 6.07) is 28.5. The normalized spacial score (nSPS) is 11.6. The van der Waals surface area contributed by atoms with Crippen molar-refractivity contribution in [3.63, 3.8) is 0 Å². The van der Waals surface area contributed by atoms with E-state index in [-0.39, 0.29) is 4.90 Å². The lowest BCUT2D eigenvalue weighted by molar-refractivity contribution is 0.593. The van der Waals surface area contributed by atoms with Crippen LogP contribution in [0.3, 0.4) is 0 Å². The maximum absolute atomic E-state index is 13.6. The van der Waals surface area contributed by atoms with Gasteiger partial charge in [0.1, 0.15) is 17.8 Å². The Morgan fingerprint density at radius 3 is 2.18 bits per heavy atom. The number of hydrogen-bond acceptors (Lipinski definition) is 4. The van der Waals surface area contributed by atoms with E-state index in [1.165, 1.54) is 10.6 Å². The molecule has 0 spiro atoms. The van der Waals surface area contributed by atoms with Crippen LogP contribution in [-0.4, -0.2) is 30.0 Å². The Morgan fingerprint density at radius 2 is 1.50 bits per heavy atom. The van der Waals surface area contributed by atoms with Crippen LogP contribution in [0, 0.1) is 6.92 Å². The number of fused-ring (bicyclic) bond motifs is 1. The Hall–Kier alpha value is -3.97. The number of aryl methyl sites for hydroxylation is 1. The van der Waals surface area contributed by atoms with Crippen molar-refractivity contribution in [2.24, 2.45) is 0 Å². The Morgan fingerprint density at radius 1 is 0.853 bits per heavy atom. The molecule has 7 heteroatoms. The van der Waals surface area contributed by atoms with Gasteiger partial charge in [0.05, 0.1) is 17.1 Å². The molecule has 0 bridgehead atoms. The molecule has 0 saturated heterocycles. The van der Waals surface area contributed by atoms with Gasteiger partial charge in [-0.3, -0.25) is 4.31 Å². The first-order valence-electron chi connectivity index (χ1n) is 10.9. The summed E-state index contributed by atoms with van der Waals surface area (Å²) in [4.78, 5) is 9.34. The lowest BCUT2D eigenvalue weighted by Crippen LogP contribution is -2.28. The van der Waals surface area contributed by atoms with Crippen molar-refractivity contribution in [3.8, 4) is 11.3 Å². The van der Waals surface area contributed by atoms with E-state index in [0.717, 1.165) is 27.8 Å². The fraction of sp³-hybridized carbons (Fsp3) is 0.111. The van der Waals surface area contributed by atoms with Crippen molar-refractivity contribution in [1.82, 2.24) is 14.5 Å². The second-order valence-electron chi connectivity index (χ2n) is 8.19. The van der Waals surface area contributed by atoms with Gasteiger partial charge in [0.25, 0.3) is 10.0 Å². The summed E-state index contributed by atoms with van der Waals surface area (Å²) < 4.78 is 30.4. The van der Waals surface area contributed by atoms with Crippen molar-refractivity contribution >= 4 is 26.9 Å². The zero-order valence-corrected chi connectivity index (χ0v) is 19.8. The second-order valence-corrected chi connectivity index (χ2v) is 10.2. The monoisotopic (exact) mass is 468 g/mol. The molecule has 34 heavy (non-hydrogen) atoms. The molecule has 6 nitrogen and oxygen atoms in total. The topological polar surface area (TPSA) is 68.1 Å². The van der Waals surface area contributed by atoms with E-state index in [1.807, 2.05) is 78.2 Å². The van der Waals surface area contributed by atoms with Crippen molar-refractivity contribution < 1.29 is 8.42 Å². The second kappa shape index (κ2) is 8.76. The van der Waals surface area contributed by atoms with Crippen molar-refractivity contribution in [2.45, 2.75) is 18.4 Å². The summed E-state index contributed by atoms with van der Waals surface area (Å²) >= 11 is 0. The number of nitrogens with zero attached hydrogens (tertiary/aromatic N) is 4. The van der Waals surface area contributed by atoms with Gasteiger partial charge in [0.2, 0.25) is 0 Å². The molecule has 5 rings (SSSR count). The summed E-state index contributed by atoms with van der Waals surface area (Å²) in [5.41, 5.74) is 4.44. The Kier molecular flexibility index (Phi) is 5.63. The standard InChI is InChI=1S/C27H24N4O2S/c1-20-13-15-23(16-14-20)34(32,33)30(2)25-17-24-26(22-11-7-4-8-12-22)28-19-29-27(24)31(25)18-21-9-5-3-6-10-21/h3-17,19H,18H2,1-2H3. The zero-order valence-electron chi connectivity index (χ0n) is 19.0. The smallest absolute Gasteiger partial charge is 0.265 e. The summed E-state index contributed by atoms with van der Waals surface area (Å²) in [7, 11) is -2.20. The lowest BCUT2D eigenvalue weighted by atomic mass is 10.1. The van der Waals surface area contributed by atoms with E-state index >= 15 is 0 Å². The molecule has 0 saturated carbocycles. The van der Waals surface area contributed by atoms with Crippen LogP contribution in [0.5, 0.6) is 0 Å². The van der Waals surface area contributed by atoms with Gasteiger partial charge in [-0.2, -0.15) is 0 Å². The molecule has 0 fully saturated rings. The van der Waals surface area contributed by atoms with Crippen molar-refractivity contribution in [3.05, 3.63) is 108 Å². The first-order valence-corrected chi connectivity index (χ1v) is 12.4. The number of aromatic nitrogens is 3. The van der Waals surface area contributed by atoms with Gasteiger partial charge in [0, 0.05) is 18.0 Å². The number of rotatable bonds is 6. The average Bonchev–Trinajstić information content (AvgIpc) is 3.23. The number of hydrogen-bond donors (Lipinski definition) is 0. The number of benzene rings is 3. The highest BCUT2D eigenvalue weighted by Gasteiger charge is 2.26. The van der Waals surface area contributed by atoms with Gasteiger partial charge in [-0.25, -0.2) is 18.4 Å². The molecular weight excluding hydrogens is 444 g/mol. The molecule has 2 heterocycles. The molecule has 170 valence electrons. The Balaban J connectivity index is 1.71. The van der Waals surface area contributed by atoms with Crippen LogP contribution in [0.2, 0.25) is 0 Å². The molecule has 2 aromatic heterocycles. The molecule has 0 aliphatic heterocycles. The first kappa shape index (κ1) is 21.9. The highest BCUT2D eigenvalue weighted by molar-refractivity contribution is 7.92. The molecule has 0 atom stereocenters. The molecule has 5 aromatic rings. The predicted molar refractivity (Wildman–Crippen MR) is 135 cm³/mol. The molecule has 0 amide bonds. The minimum Gasteiger partial charge on any atom is -0.307 e. The Bertz CT molecular complexity index is 1550. The third kappa shape index (κ3) is 3.95. The lowest BCUT2D eigenvalue weighted by Gasteiger charge is -2.21.